The van der Waals surface area contributed by atoms with Gasteiger partial charge in [-0.15, -0.1) is 0 Å². The largest absolute Gasteiger partial charge is 0.362 e. The number of carbonyl (C=O) groups is 2. The average molecular weight is 323 g/mol. The Morgan fingerprint density at radius 1 is 1.12 bits per heavy atom. The van der Waals surface area contributed by atoms with Crippen molar-refractivity contribution in [3.05, 3.63) is 65.7 Å². The zero-order valence-corrected chi connectivity index (χ0v) is 13.9. The first-order valence-electron chi connectivity index (χ1n) is 8.05. The van der Waals surface area contributed by atoms with Crippen LogP contribution in [0.5, 0.6) is 0 Å². The van der Waals surface area contributed by atoms with Gasteiger partial charge in [0.15, 0.2) is 0 Å². The number of anilines is 1. The number of para-hydroxylation sites is 1. The monoisotopic (exact) mass is 323 g/mol. The van der Waals surface area contributed by atoms with E-state index >= 15 is 0 Å². The molecular formula is C20H21NO3. The van der Waals surface area contributed by atoms with Gasteiger partial charge in [0, 0.05) is 31.1 Å². The van der Waals surface area contributed by atoms with E-state index in [0.29, 0.717) is 12.8 Å². The lowest BCUT2D eigenvalue weighted by molar-refractivity contribution is -0.155. The molecule has 1 amide bonds. The highest BCUT2D eigenvalue weighted by atomic mass is 16.5. The summed E-state index contributed by atoms with van der Waals surface area (Å²) >= 11 is 0. The van der Waals surface area contributed by atoms with Crippen molar-refractivity contribution < 1.29 is 14.3 Å². The number of Topliss-reactive ketones (excluding diaryl/α,β-unsaturated/α-hetero) is 1. The first-order valence-corrected chi connectivity index (χ1v) is 8.05. The molecule has 0 N–H and O–H groups in total. The van der Waals surface area contributed by atoms with Gasteiger partial charge in [0.2, 0.25) is 6.41 Å². The maximum Gasteiger partial charge on any atom is 0.213 e. The molecule has 3 rings (SSSR count). The van der Waals surface area contributed by atoms with Crippen LogP contribution in [0, 0.1) is 0 Å². The molecule has 124 valence electrons. The lowest BCUT2D eigenvalue weighted by atomic mass is 9.83. The third-order valence-electron chi connectivity index (χ3n) is 4.53. The number of rotatable bonds is 4. The highest BCUT2D eigenvalue weighted by Gasteiger charge is 2.40. The predicted octanol–water partition coefficient (Wildman–Crippen LogP) is 3.62. The van der Waals surface area contributed by atoms with Gasteiger partial charge < -0.3 is 9.64 Å². The van der Waals surface area contributed by atoms with Crippen LogP contribution in [0.2, 0.25) is 0 Å². The highest BCUT2D eigenvalue weighted by molar-refractivity contribution is 5.83. The van der Waals surface area contributed by atoms with Crippen LogP contribution < -0.4 is 4.90 Å². The summed E-state index contributed by atoms with van der Waals surface area (Å²) in [5.41, 5.74) is 1.85. The van der Waals surface area contributed by atoms with E-state index in [9.17, 15) is 9.59 Å². The van der Waals surface area contributed by atoms with Crippen molar-refractivity contribution in [2.45, 2.75) is 31.5 Å². The van der Waals surface area contributed by atoms with Crippen LogP contribution in [0.3, 0.4) is 0 Å². The topological polar surface area (TPSA) is 46.6 Å². The molecule has 2 aromatic rings. The Bertz CT molecular complexity index is 744. The van der Waals surface area contributed by atoms with Gasteiger partial charge in [0.1, 0.15) is 11.4 Å². The number of benzene rings is 2. The molecule has 4 heteroatoms. The minimum Gasteiger partial charge on any atom is -0.362 e. The van der Waals surface area contributed by atoms with Crippen LogP contribution in [0.25, 0.3) is 0 Å². The summed E-state index contributed by atoms with van der Waals surface area (Å²) in [7, 11) is 1.70. The van der Waals surface area contributed by atoms with Crippen molar-refractivity contribution >= 4 is 17.9 Å². The number of nitrogens with zero attached hydrogens (tertiary/aromatic N) is 1. The van der Waals surface area contributed by atoms with E-state index in [-0.39, 0.29) is 11.9 Å². The lowest BCUT2D eigenvalue weighted by Gasteiger charge is -2.40. The standard InChI is InChI=1S/C20H21NO3/c1-20(17-10-6-7-11-18(17)21(2)14-22)13-16(23)12-19(24-20)15-8-4-3-5-9-15/h3-11,14,19H,12-13H2,1-2H3/t19-,20+/m1/s1. The number of hydrogen-bond acceptors (Lipinski definition) is 3. The van der Waals surface area contributed by atoms with Gasteiger partial charge >= 0.3 is 0 Å². The van der Waals surface area contributed by atoms with Crippen molar-refractivity contribution in [3.63, 3.8) is 0 Å². The molecule has 0 aromatic heterocycles. The second kappa shape index (κ2) is 6.57. The van der Waals surface area contributed by atoms with Crippen molar-refractivity contribution in [1.82, 2.24) is 0 Å². The minimum absolute atomic E-state index is 0.168. The number of hydrogen-bond donors (Lipinski definition) is 0. The van der Waals surface area contributed by atoms with E-state index in [1.165, 1.54) is 4.90 Å². The molecule has 4 nitrogen and oxygen atoms in total. The van der Waals surface area contributed by atoms with E-state index in [0.717, 1.165) is 23.2 Å². The fourth-order valence-corrected chi connectivity index (χ4v) is 3.35. The van der Waals surface area contributed by atoms with Gasteiger partial charge in [-0.1, -0.05) is 48.5 Å². The number of ketones is 1. The fourth-order valence-electron chi connectivity index (χ4n) is 3.35. The Hall–Kier alpha value is -2.46. The van der Waals surface area contributed by atoms with Crippen molar-refractivity contribution in [2.75, 3.05) is 11.9 Å². The fraction of sp³-hybridized carbons (Fsp3) is 0.300. The molecule has 0 bridgehead atoms. The van der Waals surface area contributed by atoms with Gasteiger partial charge in [0.25, 0.3) is 0 Å². The smallest absolute Gasteiger partial charge is 0.213 e. The second-order valence-corrected chi connectivity index (χ2v) is 6.40. The Morgan fingerprint density at radius 2 is 1.79 bits per heavy atom. The predicted molar refractivity (Wildman–Crippen MR) is 92.8 cm³/mol. The quantitative estimate of drug-likeness (QED) is 0.808. The molecule has 1 aliphatic rings. The SMILES string of the molecule is CN(C=O)c1ccccc1[C@]1(C)CC(=O)C[C@H](c2ccccc2)O1. The summed E-state index contributed by atoms with van der Waals surface area (Å²) in [4.78, 5) is 25.2. The van der Waals surface area contributed by atoms with E-state index in [1.807, 2.05) is 61.5 Å². The zero-order valence-electron chi connectivity index (χ0n) is 13.9. The third kappa shape index (κ3) is 3.10. The normalized spacial score (nSPS) is 23.8. The molecule has 1 saturated heterocycles. The van der Waals surface area contributed by atoms with Gasteiger partial charge in [-0.05, 0) is 18.6 Å². The first kappa shape index (κ1) is 16.4. The maximum absolute atomic E-state index is 12.4. The molecule has 1 fully saturated rings. The van der Waals surface area contributed by atoms with Gasteiger partial charge in [0.05, 0.1) is 6.10 Å². The summed E-state index contributed by atoms with van der Waals surface area (Å²) in [6, 6.07) is 17.4. The second-order valence-electron chi connectivity index (χ2n) is 6.40. The zero-order chi connectivity index (χ0) is 17.2. The molecule has 2 atom stereocenters. The summed E-state index contributed by atoms with van der Waals surface area (Å²) in [5.74, 6) is 0.168. The van der Waals surface area contributed by atoms with Crippen LogP contribution >= 0.6 is 0 Å². The summed E-state index contributed by atoms with van der Waals surface area (Å²) in [6.45, 7) is 1.93. The molecule has 0 unspecified atom stereocenters. The number of ether oxygens (including phenoxy) is 1. The Balaban J connectivity index is 2.00. The molecular weight excluding hydrogens is 302 g/mol. The Kier molecular flexibility index (Phi) is 4.49. The van der Waals surface area contributed by atoms with Crippen molar-refractivity contribution in [2.24, 2.45) is 0 Å². The van der Waals surface area contributed by atoms with Gasteiger partial charge in [-0.25, -0.2) is 0 Å². The summed E-state index contributed by atoms with van der Waals surface area (Å²) < 4.78 is 6.39. The third-order valence-corrected chi connectivity index (χ3v) is 4.53. The molecule has 24 heavy (non-hydrogen) atoms. The number of amides is 1. The van der Waals surface area contributed by atoms with Crippen molar-refractivity contribution in [3.8, 4) is 0 Å². The van der Waals surface area contributed by atoms with Crippen LogP contribution in [0.4, 0.5) is 5.69 Å². The molecule has 0 radical (unpaired) electrons. The minimum atomic E-state index is -0.760. The highest BCUT2D eigenvalue weighted by Crippen LogP contribution is 2.44. The first-order chi connectivity index (χ1) is 11.5. The molecule has 1 heterocycles. The molecule has 1 aliphatic heterocycles. The van der Waals surface area contributed by atoms with Crippen LogP contribution in [0.1, 0.15) is 37.0 Å². The van der Waals surface area contributed by atoms with E-state index in [1.54, 1.807) is 7.05 Å². The van der Waals surface area contributed by atoms with E-state index < -0.39 is 5.60 Å². The Labute approximate surface area is 142 Å². The lowest BCUT2D eigenvalue weighted by Crippen LogP contribution is -2.38. The van der Waals surface area contributed by atoms with Gasteiger partial charge in [-0.2, -0.15) is 0 Å². The molecule has 0 saturated carbocycles. The van der Waals surface area contributed by atoms with Crippen LogP contribution in [-0.4, -0.2) is 19.2 Å². The molecule has 0 aliphatic carbocycles. The molecule has 2 aromatic carbocycles. The van der Waals surface area contributed by atoms with Crippen molar-refractivity contribution in [1.29, 1.82) is 0 Å². The molecule has 0 spiro atoms. The summed E-state index contributed by atoms with van der Waals surface area (Å²) in [5, 5.41) is 0. The van der Waals surface area contributed by atoms with E-state index in [2.05, 4.69) is 0 Å². The average Bonchev–Trinajstić information content (AvgIpc) is 2.61. The van der Waals surface area contributed by atoms with Crippen LogP contribution in [0.15, 0.2) is 54.6 Å². The number of carbonyl (C=O) groups excluding carboxylic acids is 2. The van der Waals surface area contributed by atoms with Gasteiger partial charge in [-0.3, -0.25) is 9.59 Å². The maximum atomic E-state index is 12.4. The van der Waals surface area contributed by atoms with Crippen LogP contribution in [-0.2, 0) is 19.9 Å². The summed E-state index contributed by atoms with van der Waals surface area (Å²) in [6.07, 6.45) is 1.18. The van der Waals surface area contributed by atoms with E-state index in [4.69, 9.17) is 4.74 Å². The Morgan fingerprint density at radius 3 is 2.50 bits per heavy atom.